The molecule has 0 aliphatic heterocycles. The van der Waals surface area contributed by atoms with Crippen LogP contribution < -0.4 is 0 Å². The van der Waals surface area contributed by atoms with Crippen LogP contribution in [-0.2, 0) is 6.54 Å². The van der Waals surface area contributed by atoms with E-state index in [9.17, 15) is 4.79 Å². The highest BCUT2D eigenvalue weighted by molar-refractivity contribution is 9.09. The normalized spacial score (nSPS) is 10.5. The van der Waals surface area contributed by atoms with Crippen molar-refractivity contribution in [1.82, 2.24) is 4.57 Å². The molecule has 0 aliphatic rings. The summed E-state index contributed by atoms with van der Waals surface area (Å²) >= 11 is 4.92. The van der Waals surface area contributed by atoms with E-state index < -0.39 is 0 Å². The highest BCUT2D eigenvalue weighted by Crippen LogP contribution is 2.13. The van der Waals surface area contributed by atoms with Crippen LogP contribution in [0.5, 0.6) is 0 Å². The van der Waals surface area contributed by atoms with E-state index in [0.29, 0.717) is 0 Å². The fourth-order valence-corrected chi connectivity index (χ4v) is 2.47. The smallest absolute Gasteiger partial charge is 0.210 e. The number of aryl methyl sites for hydroxylation is 1. The number of alkyl halides is 1. The fourth-order valence-electron chi connectivity index (χ4n) is 1.45. The average Bonchev–Trinajstić information content (AvgIpc) is 2.87. The standard InChI is InChI=1S/C11H10BrNOS/c12-4-6-13-5-1-2-10(13)11(14)9-3-7-15-8-9/h1-3,5,7-8H,4,6H2. The van der Waals surface area contributed by atoms with Crippen molar-refractivity contribution in [3.63, 3.8) is 0 Å². The van der Waals surface area contributed by atoms with E-state index in [4.69, 9.17) is 0 Å². The van der Waals surface area contributed by atoms with Crippen LogP contribution in [-0.4, -0.2) is 15.7 Å². The number of hydrogen-bond acceptors (Lipinski definition) is 2. The van der Waals surface area contributed by atoms with Crippen LogP contribution in [0.3, 0.4) is 0 Å². The zero-order chi connectivity index (χ0) is 10.7. The summed E-state index contributed by atoms with van der Waals surface area (Å²) in [7, 11) is 0. The van der Waals surface area contributed by atoms with E-state index >= 15 is 0 Å². The van der Waals surface area contributed by atoms with Crippen LogP contribution in [0.1, 0.15) is 16.1 Å². The van der Waals surface area contributed by atoms with Gasteiger partial charge >= 0.3 is 0 Å². The van der Waals surface area contributed by atoms with E-state index in [1.165, 1.54) is 0 Å². The first kappa shape index (κ1) is 10.6. The number of aromatic nitrogens is 1. The lowest BCUT2D eigenvalue weighted by Crippen LogP contribution is -2.09. The van der Waals surface area contributed by atoms with Crippen molar-refractivity contribution in [1.29, 1.82) is 0 Å². The Balaban J connectivity index is 2.29. The minimum Gasteiger partial charge on any atom is -0.344 e. The molecule has 0 aliphatic carbocycles. The lowest BCUT2D eigenvalue weighted by Gasteiger charge is -2.04. The predicted octanol–water partition coefficient (Wildman–Crippen LogP) is 3.18. The molecule has 0 fully saturated rings. The number of nitrogens with zero attached hydrogens (tertiary/aromatic N) is 1. The summed E-state index contributed by atoms with van der Waals surface area (Å²) < 4.78 is 1.97. The molecule has 0 bridgehead atoms. The summed E-state index contributed by atoms with van der Waals surface area (Å²) in [5.41, 5.74) is 1.53. The van der Waals surface area contributed by atoms with E-state index in [1.807, 2.05) is 39.7 Å². The van der Waals surface area contributed by atoms with Crippen LogP contribution in [0.25, 0.3) is 0 Å². The van der Waals surface area contributed by atoms with Gasteiger partial charge in [-0.05, 0) is 23.6 Å². The molecule has 0 amide bonds. The van der Waals surface area contributed by atoms with Gasteiger partial charge in [0.15, 0.2) is 0 Å². The van der Waals surface area contributed by atoms with Crippen LogP contribution in [0.15, 0.2) is 35.2 Å². The Hall–Kier alpha value is -0.870. The lowest BCUT2D eigenvalue weighted by molar-refractivity contribution is 0.103. The number of ketones is 1. The second-order valence-electron chi connectivity index (χ2n) is 3.12. The molecular formula is C11H10BrNOS. The largest absolute Gasteiger partial charge is 0.344 e. The van der Waals surface area contributed by atoms with Gasteiger partial charge < -0.3 is 4.57 Å². The molecule has 2 aromatic rings. The third-order valence-electron chi connectivity index (χ3n) is 2.17. The number of carbonyl (C=O) groups excluding carboxylic acids is 1. The van der Waals surface area contributed by atoms with E-state index in [0.717, 1.165) is 23.1 Å². The quantitative estimate of drug-likeness (QED) is 0.624. The van der Waals surface area contributed by atoms with Crippen molar-refractivity contribution in [2.75, 3.05) is 5.33 Å². The predicted molar refractivity (Wildman–Crippen MR) is 66.0 cm³/mol. The van der Waals surface area contributed by atoms with Crippen LogP contribution in [0.4, 0.5) is 0 Å². The summed E-state index contributed by atoms with van der Waals surface area (Å²) in [6, 6.07) is 5.63. The second kappa shape index (κ2) is 4.77. The minimum absolute atomic E-state index is 0.0993. The Morgan fingerprint density at radius 2 is 2.33 bits per heavy atom. The van der Waals surface area contributed by atoms with E-state index in [1.54, 1.807) is 11.3 Å². The molecule has 0 radical (unpaired) electrons. The zero-order valence-corrected chi connectivity index (χ0v) is 10.4. The maximum atomic E-state index is 12.0. The SMILES string of the molecule is O=C(c1ccsc1)c1cccn1CCBr. The van der Waals surface area contributed by atoms with Crippen LogP contribution >= 0.6 is 27.3 Å². The molecule has 2 aromatic heterocycles. The zero-order valence-electron chi connectivity index (χ0n) is 8.02. The molecule has 0 unspecified atom stereocenters. The number of thiophene rings is 1. The fraction of sp³-hybridized carbons (Fsp3) is 0.182. The molecule has 78 valence electrons. The first-order chi connectivity index (χ1) is 7.33. The summed E-state index contributed by atoms with van der Waals surface area (Å²) in [4.78, 5) is 12.0. The summed E-state index contributed by atoms with van der Waals surface area (Å²) in [5, 5.41) is 4.66. The lowest BCUT2D eigenvalue weighted by atomic mass is 10.2. The van der Waals surface area contributed by atoms with Crippen molar-refractivity contribution in [2.24, 2.45) is 0 Å². The third-order valence-corrected chi connectivity index (χ3v) is 3.21. The molecular weight excluding hydrogens is 274 g/mol. The van der Waals surface area contributed by atoms with Crippen molar-refractivity contribution in [2.45, 2.75) is 6.54 Å². The number of hydrogen-bond donors (Lipinski definition) is 0. The Kier molecular flexibility index (Phi) is 3.38. The van der Waals surface area contributed by atoms with Crippen molar-refractivity contribution >= 4 is 33.0 Å². The third kappa shape index (κ3) is 2.21. The molecule has 4 heteroatoms. The van der Waals surface area contributed by atoms with Gasteiger partial charge in [-0.15, -0.1) is 0 Å². The van der Waals surface area contributed by atoms with Gasteiger partial charge in [0.25, 0.3) is 0 Å². The highest BCUT2D eigenvalue weighted by atomic mass is 79.9. The van der Waals surface area contributed by atoms with Gasteiger partial charge in [0.1, 0.15) is 0 Å². The molecule has 0 spiro atoms. The number of rotatable bonds is 4. The maximum absolute atomic E-state index is 12.0. The van der Waals surface area contributed by atoms with Crippen molar-refractivity contribution < 1.29 is 4.79 Å². The van der Waals surface area contributed by atoms with Crippen LogP contribution in [0.2, 0.25) is 0 Å². The van der Waals surface area contributed by atoms with Gasteiger partial charge in [0, 0.05) is 29.0 Å². The van der Waals surface area contributed by atoms with Gasteiger partial charge in [-0.2, -0.15) is 11.3 Å². The summed E-state index contributed by atoms with van der Waals surface area (Å²) in [5.74, 6) is 0.0993. The highest BCUT2D eigenvalue weighted by Gasteiger charge is 2.12. The molecule has 2 nitrogen and oxygen atoms in total. The number of carbonyl (C=O) groups is 1. The first-order valence-corrected chi connectivity index (χ1v) is 6.67. The van der Waals surface area contributed by atoms with Gasteiger partial charge in [-0.3, -0.25) is 4.79 Å². The molecule has 0 aromatic carbocycles. The Morgan fingerprint density at radius 1 is 1.47 bits per heavy atom. The minimum atomic E-state index is 0.0993. The molecule has 0 saturated carbocycles. The molecule has 0 saturated heterocycles. The molecule has 2 rings (SSSR count). The van der Waals surface area contributed by atoms with Crippen molar-refractivity contribution in [3.05, 3.63) is 46.4 Å². The van der Waals surface area contributed by atoms with Gasteiger partial charge in [0.05, 0.1) is 5.69 Å². The molecule has 0 N–H and O–H groups in total. The molecule has 2 heterocycles. The molecule has 15 heavy (non-hydrogen) atoms. The summed E-state index contributed by atoms with van der Waals surface area (Å²) in [6.45, 7) is 0.818. The molecule has 0 atom stereocenters. The van der Waals surface area contributed by atoms with Crippen molar-refractivity contribution in [3.8, 4) is 0 Å². The Morgan fingerprint density at radius 3 is 3.00 bits per heavy atom. The number of halogens is 1. The topological polar surface area (TPSA) is 22.0 Å². The Labute approximate surface area is 101 Å². The van der Waals surface area contributed by atoms with Crippen LogP contribution in [0, 0.1) is 0 Å². The monoisotopic (exact) mass is 283 g/mol. The van der Waals surface area contributed by atoms with E-state index in [2.05, 4.69) is 15.9 Å². The van der Waals surface area contributed by atoms with Gasteiger partial charge in [-0.1, -0.05) is 15.9 Å². The van der Waals surface area contributed by atoms with Gasteiger partial charge in [0.2, 0.25) is 5.78 Å². The van der Waals surface area contributed by atoms with E-state index in [-0.39, 0.29) is 5.78 Å². The second-order valence-corrected chi connectivity index (χ2v) is 4.69. The Bertz CT molecular complexity index is 447. The average molecular weight is 284 g/mol. The van der Waals surface area contributed by atoms with Gasteiger partial charge in [-0.25, -0.2) is 0 Å². The first-order valence-electron chi connectivity index (χ1n) is 4.61. The maximum Gasteiger partial charge on any atom is 0.210 e. The summed E-state index contributed by atoms with van der Waals surface area (Å²) in [6.07, 6.45) is 1.93.